The molecule has 5 nitrogen and oxygen atoms in total. The minimum atomic E-state index is -0.217. The molecular weight excluding hydrogens is 376 g/mol. The fraction of sp³-hybridized carbons (Fsp3) is 0.412. The summed E-state index contributed by atoms with van der Waals surface area (Å²) in [4.78, 5) is 8.89. The first-order valence-corrected chi connectivity index (χ1v) is 10.8. The molecule has 0 aliphatic carbocycles. The summed E-state index contributed by atoms with van der Waals surface area (Å²) in [6.45, 7) is 6.49. The molecule has 25 heavy (non-hydrogen) atoms. The van der Waals surface area contributed by atoms with Gasteiger partial charge in [-0.1, -0.05) is 37.7 Å². The molecule has 1 aromatic carbocycles. The van der Waals surface area contributed by atoms with Crippen molar-refractivity contribution in [3.63, 3.8) is 0 Å². The van der Waals surface area contributed by atoms with Crippen LogP contribution in [0.15, 0.2) is 30.5 Å². The number of hydrogen-bond donors (Lipinski definition) is 3. The van der Waals surface area contributed by atoms with E-state index >= 15 is 0 Å². The van der Waals surface area contributed by atoms with Gasteiger partial charge in [0.1, 0.15) is 5.02 Å². The van der Waals surface area contributed by atoms with Gasteiger partial charge in [-0.05, 0) is 44.1 Å². The first-order chi connectivity index (χ1) is 11.6. The van der Waals surface area contributed by atoms with Gasteiger partial charge in [0.15, 0.2) is 5.82 Å². The Labute approximate surface area is 161 Å². The Morgan fingerprint density at radius 2 is 2.08 bits per heavy atom. The average Bonchev–Trinajstić information content (AvgIpc) is 2.59. The third-order valence-electron chi connectivity index (χ3n) is 4.01. The summed E-state index contributed by atoms with van der Waals surface area (Å²) in [6.07, 6.45) is 3.94. The van der Waals surface area contributed by atoms with Crippen LogP contribution in [-0.2, 0) is 0 Å². The number of para-hydroxylation sites is 1. The first-order valence-electron chi connectivity index (χ1n) is 8.16. The van der Waals surface area contributed by atoms with Gasteiger partial charge in [0, 0.05) is 18.3 Å². The van der Waals surface area contributed by atoms with E-state index in [0.717, 1.165) is 25.2 Å². The number of piperidine rings is 1. The van der Waals surface area contributed by atoms with Crippen LogP contribution >= 0.6 is 31.9 Å². The van der Waals surface area contributed by atoms with E-state index in [4.69, 9.17) is 11.6 Å². The van der Waals surface area contributed by atoms with Gasteiger partial charge in [0.2, 0.25) is 5.95 Å². The van der Waals surface area contributed by atoms with Crippen LogP contribution < -0.4 is 21.3 Å². The predicted octanol–water partition coefficient (Wildman–Crippen LogP) is 3.83. The summed E-state index contributed by atoms with van der Waals surface area (Å²) in [6, 6.07) is 8.66. The molecule has 2 aromatic rings. The molecule has 0 bridgehead atoms. The van der Waals surface area contributed by atoms with E-state index in [1.165, 1.54) is 11.7 Å². The van der Waals surface area contributed by atoms with Crippen molar-refractivity contribution in [1.82, 2.24) is 15.3 Å². The molecule has 2 heterocycles. The molecule has 3 rings (SSSR count). The summed E-state index contributed by atoms with van der Waals surface area (Å²) in [5, 5.41) is 12.0. The van der Waals surface area contributed by atoms with Crippen LogP contribution in [-0.4, -0.2) is 42.4 Å². The molecule has 1 fully saturated rings. The van der Waals surface area contributed by atoms with Gasteiger partial charge in [0.05, 0.1) is 6.20 Å². The standard InChI is InChI=1S/C17H23ClN5P.ClH/c1-24(2)15-8-4-3-7-14(15)22-16-13(18)11-20-17(23-16)21-12-6-5-9-19-10-12;/h3-4,7-8,11-12,19H,5-6,9-10H2,1-2H3,(H2,20,21,22,23);1H/t12-;/m1./s1. The summed E-state index contributed by atoms with van der Waals surface area (Å²) in [5.74, 6) is 1.26. The van der Waals surface area contributed by atoms with Crippen LogP contribution in [0.5, 0.6) is 0 Å². The Morgan fingerprint density at radius 3 is 2.80 bits per heavy atom. The highest BCUT2D eigenvalue weighted by Gasteiger charge is 2.15. The summed E-state index contributed by atoms with van der Waals surface area (Å²) >= 11 is 6.30. The van der Waals surface area contributed by atoms with E-state index in [0.29, 0.717) is 22.8 Å². The number of nitrogens with zero attached hydrogens (tertiary/aromatic N) is 2. The van der Waals surface area contributed by atoms with Crippen molar-refractivity contribution in [2.45, 2.75) is 18.9 Å². The van der Waals surface area contributed by atoms with Crippen LogP contribution in [0.2, 0.25) is 5.02 Å². The zero-order valence-electron chi connectivity index (χ0n) is 14.4. The Kier molecular flexibility index (Phi) is 7.70. The molecule has 1 atom stereocenters. The molecule has 3 N–H and O–H groups in total. The molecule has 0 spiro atoms. The normalized spacial score (nSPS) is 17.0. The zero-order chi connectivity index (χ0) is 16.9. The highest BCUT2D eigenvalue weighted by molar-refractivity contribution is 7.64. The minimum absolute atomic E-state index is 0. The van der Waals surface area contributed by atoms with Crippen molar-refractivity contribution < 1.29 is 0 Å². The van der Waals surface area contributed by atoms with Crippen molar-refractivity contribution in [2.75, 3.05) is 37.1 Å². The number of hydrogen-bond acceptors (Lipinski definition) is 5. The van der Waals surface area contributed by atoms with E-state index in [1.807, 2.05) is 6.07 Å². The summed E-state index contributed by atoms with van der Waals surface area (Å²) in [5.41, 5.74) is 1.06. The molecule has 1 aromatic heterocycles. The lowest BCUT2D eigenvalue weighted by Gasteiger charge is -2.24. The number of aromatic nitrogens is 2. The fourth-order valence-electron chi connectivity index (χ4n) is 2.78. The van der Waals surface area contributed by atoms with Crippen LogP contribution in [0.1, 0.15) is 12.8 Å². The molecule has 0 unspecified atom stereocenters. The van der Waals surface area contributed by atoms with Gasteiger partial charge in [-0.15, -0.1) is 12.4 Å². The SMILES string of the molecule is CP(C)c1ccccc1Nc1nc(N[C@@H]2CCCNC2)ncc1Cl.Cl. The summed E-state index contributed by atoms with van der Waals surface area (Å²) in [7, 11) is -0.217. The number of anilines is 3. The van der Waals surface area contributed by atoms with E-state index in [1.54, 1.807) is 6.20 Å². The maximum atomic E-state index is 6.30. The van der Waals surface area contributed by atoms with Gasteiger partial charge in [0.25, 0.3) is 0 Å². The fourth-order valence-corrected chi connectivity index (χ4v) is 3.91. The van der Waals surface area contributed by atoms with Crippen LogP contribution in [0, 0.1) is 0 Å². The average molecular weight is 400 g/mol. The first kappa shape index (κ1) is 20.2. The van der Waals surface area contributed by atoms with Crippen molar-refractivity contribution in [1.29, 1.82) is 0 Å². The van der Waals surface area contributed by atoms with Gasteiger partial charge in [-0.25, -0.2) is 4.98 Å². The molecule has 8 heteroatoms. The van der Waals surface area contributed by atoms with Gasteiger partial charge >= 0.3 is 0 Å². The third kappa shape index (κ3) is 5.42. The summed E-state index contributed by atoms with van der Waals surface area (Å²) < 4.78 is 0. The van der Waals surface area contributed by atoms with E-state index in [9.17, 15) is 0 Å². The lowest BCUT2D eigenvalue weighted by molar-refractivity contribution is 0.478. The van der Waals surface area contributed by atoms with Crippen LogP contribution in [0.25, 0.3) is 0 Å². The maximum Gasteiger partial charge on any atom is 0.224 e. The second-order valence-corrected chi connectivity index (χ2v) is 8.79. The molecule has 1 aliphatic heterocycles. The number of benzene rings is 1. The molecule has 1 saturated heterocycles. The molecule has 0 saturated carbocycles. The minimum Gasteiger partial charge on any atom is -0.350 e. The van der Waals surface area contributed by atoms with Gasteiger partial charge < -0.3 is 16.0 Å². The highest BCUT2D eigenvalue weighted by Crippen LogP contribution is 2.31. The molecule has 0 amide bonds. The quantitative estimate of drug-likeness (QED) is 0.666. The van der Waals surface area contributed by atoms with Gasteiger partial charge in [-0.2, -0.15) is 4.98 Å². The van der Waals surface area contributed by atoms with Gasteiger partial charge in [-0.3, -0.25) is 0 Å². The van der Waals surface area contributed by atoms with Crippen molar-refractivity contribution >= 4 is 54.7 Å². The highest BCUT2D eigenvalue weighted by atomic mass is 35.5. The van der Waals surface area contributed by atoms with Crippen molar-refractivity contribution in [3.05, 3.63) is 35.5 Å². The zero-order valence-corrected chi connectivity index (χ0v) is 16.9. The Balaban J connectivity index is 0.00000225. The Hall–Kier alpha value is -1.13. The Morgan fingerprint density at radius 1 is 1.28 bits per heavy atom. The Bertz CT molecular complexity index is 692. The number of nitrogens with one attached hydrogen (secondary N) is 3. The second kappa shape index (κ2) is 9.54. The van der Waals surface area contributed by atoms with E-state index < -0.39 is 0 Å². The van der Waals surface area contributed by atoms with Crippen molar-refractivity contribution in [2.24, 2.45) is 0 Å². The monoisotopic (exact) mass is 399 g/mol. The lowest BCUT2D eigenvalue weighted by Crippen LogP contribution is -2.38. The molecule has 136 valence electrons. The van der Waals surface area contributed by atoms with E-state index in [2.05, 4.69) is 57.4 Å². The predicted molar refractivity (Wildman–Crippen MR) is 112 cm³/mol. The second-order valence-electron chi connectivity index (χ2n) is 6.11. The van der Waals surface area contributed by atoms with Crippen molar-refractivity contribution in [3.8, 4) is 0 Å². The topological polar surface area (TPSA) is 61.9 Å². The molecule has 1 aliphatic rings. The number of rotatable bonds is 5. The molecular formula is C17H24Cl2N5P. The largest absolute Gasteiger partial charge is 0.350 e. The molecule has 0 radical (unpaired) electrons. The van der Waals surface area contributed by atoms with Crippen LogP contribution in [0.3, 0.4) is 0 Å². The third-order valence-corrected chi connectivity index (χ3v) is 5.64. The van der Waals surface area contributed by atoms with Crippen LogP contribution in [0.4, 0.5) is 17.5 Å². The lowest BCUT2D eigenvalue weighted by atomic mass is 10.1. The number of halogens is 2. The van der Waals surface area contributed by atoms with E-state index in [-0.39, 0.29) is 20.3 Å². The maximum absolute atomic E-state index is 6.30. The smallest absolute Gasteiger partial charge is 0.224 e.